The average molecular weight is 285 g/mol. The molecular formula is C17H23N3O. The first-order chi connectivity index (χ1) is 10.3. The summed E-state index contributed by atoms with van der Waals surface area (Å²) in [6.45, 7) is 4.68. The van der Waals surface area contributed by atoms with E-state index in [1.165, 1.54) is 18.4 Å². The fraction of sp³-hybridized carbons (Fsp3) is 0.588. The molecule has 1 aromatic rings. The molecule has 3 heterocycles. The second-order valence-corrected chi connectivity index (χ2v) is 6.52. The highest BCUT2D eigenvalue weighted by molar-refractivity contribution is 5.96. The second kappa shape index (κ2) is 5.43. The number of para-hydroxylation sites is 1. The maximum atomic E-state index is 12.7. The van der Waals surface area contributed by atoms with Crippen LogP contribution in [0, 0.1) is 5.92 Å². The van der Waals surface area contributed by atoms with Gasteiger partial charge in [0.05, 0.1) is 6.54 Å². The molecule has 0 spiro atoms. The van der Waals surface area contributed by atoms with Gasteiger partial charge in [-0.2, -0.15) is 0 Å². The van der Waals surface area contributed by atoms with Crippen LogP contribution >= 0.6 is 0 Å². The molecule has 3 aliphatic heterocycles. The van der Waals surface area contributed by atoms with Crippen LogP contribution in [0.3, 0.4) is 0 Å². The Labute approximate surface area is 126 Å². The lowest BCUT2D eigenvalue weighted by Gasteiger charge is -2.37. The maximum Gasteiger partial charge on any atom is 0.241 e. The number of benzene rings is 1. The van der Waals surface area contributed by atoms with Crippen LogP contribution in [0.2, 0.25) is 0 Å². The van der Waals surface area contributed by atoms with Crippen LogP contribution < -0.4 is 10.2 Å². The Morgan fingerprint density at radius 3 is 3.10 bits per heavy atom. The summed E-state index contributed by atoms with van der Waals surface area (Å²) in [6.07, 6.45) is 3.54. The van der Waals surface area contributed by atoms with Gasteiger partial charge in [-0.1, -0.05) is 18.2 Å². The number of carbonyl (C=O) groups excluding carboxylic acids is 1. The van der Waals surface area contributed by atoms with E-state index in [0.29, 0.717) is 12.6 Å². The zero-order chi connectivity index (χ0) is 14.2. The molecule has 0 aromatic heterocycles. The molecule has 2 saturated heterocycles. The smallest absolute Gasteiger partial charge is 0.241 e. The van der Waals surface area contributed by atoms with Crippen LogP contribution in [0.4, 0.5) is 5.69 Å². The summed E-state index contributed by atoms with van der Waals surface area (Å²) < 4.78 is 0. The van der Waals surface area contributed by atoms with Gasteiger partial charge in [0.2, 0.25) is 5.91 Å². The summed E-state index contributed by atoms with van der Waals surface area (Å²) in [5.41, 5.74) is 2.44. The van der Waals surface area contributed by atoms with Gasteiger partial charge in [0.25, 0.3) is 0 Å². The monoisotopic (exact) mass is 285 g/mol. The summed E-state index contributed by atoms with van der Waals surface area (Å²) in [4.78, 5) is 17.1. The van der Waals surface area contributed by atoms with E-state index in [2.05, 4.69) is 28.4 Å². The van der Waals surface area contributed by atoms with Crippen molar-refractivity contribution in [3.63, 3.8) is 0 Å². The highest BCUT2D eigenvalue weighted by Crippen LogP contribution is 2.29. The number of anilines is 1. The van der Waals surface area contributed by atoms with Crippen molar-refractivity contribution >= 4 is 11.6 Å². The van der Waals surface area contributed by atoms with E-state index in [9.17, 15) is 4.79 Å². The minimum Gasteiger partial charge on any atom is -0.315 e. The molecule has 4 rings (SSSR count). The third-order valence-electron chi connectivity index (χ3n) is 5.32. The van der Waals surface area contributed by atoms with E-state index in [1.54, 1.807) is 0 Å². The highest BCUT2D eigenvalue weighted by atomic mass is 16.2. The van der Waals surface area contributed by atoms with Gasteiger partial charge in [-0.05, 0) is 49.9 Å². The van der Waals surface area contributed by atoms with Crippen molar-refractivity contribution in [2.45, 2.75) is 25.3 Å². The maximum absolute atomic E-state index is 12.7. The molecule has 0 aliphatic carbocycles. The van der Waals surface area contributed by atoms with Crippen molar-refractivity contribution in [2.24, 2.45) is 5.92 Å². The van der Waals surface area contributed by atoms with E-state index >= 15 is 0 Å². The standard InChI is InChI=1S/C17H23N3O/c21-17(20-9-7-13-4-1-2-6-15(13)20)12-19-8-3-5-14-10-18-11-16(14)19/h1-2,4,6,14,16,18H,3,5,7-12H2. The van der Waals surface area contributed by atoms with Gasteiger partial charge in [-0.25, -0.2) is 0 Å². The zero-order valence-electron chi connectivity index (χ0n) is 12.4. The van der Waals surface area contributed by atoms with Crippen molar-refractivity contribution in [1.29, 1.82) is 0 Å². The molecule has 21 heavy (non-hydrogen) atoms. The van der Waals surface area contributed by atoms with Gasteiger partial charge in [-0.15, -0.1) is 0 Å². The average Bonchev–Trinajstić information content (AvgIpc) is 3.14. The Morgan fingerprint density at radius 2 is 2.14 bits per heavy atom. The molecule has 0 radical (unpaired) electrons. The van der Waals surface area contributed by atoms with Gasteiger partial charge in [0, 0.05) is 24.8 Å². The number of hydrogen-bond donors (Lipinski definition) is 1. The van der Waals surface area contributed by atoms with Crippen molar-refractivity contribution in [3.05, 3.63) is 29.8 Å². The van der Waals surface area contributed by atoms with Crippen molar-refractivity contribution < 1.29 is 4.79 Å². The predicted octanol–water partition coefficient (Wildman–Crippen LogP) is 1.26. The SMILES string of the molecule is O=C(CN1CCCC2CNCC21)N1CCc2ccccc21. The fourth-order valence-electron chi connectivity index (χ4n) is 4.22. The largest absolute Gasteiger partial charge is 0.315 e. The van der Waals surface area contributed by atoms with Crippen LogP contribution in [0.1, 0.15) is 18.4 Å². The van der Waals surface area contributed by atoms with E-state index in [-0.39, 0.29) is 5.91 Å². The summed E-state index contributed by atoms with van der Waals surface area (Å²) in [5.74, 6) is 1.02. The molecule has 3 aliphatic rings. The Morgan fingerprint density at radius 1 is 1.24 bits per heavy atom. The third kappa shape index (κ3) is 2.36. The lowest BCUT2D eigenvalue weighted by Crippen LogP contribution is -2.50. The summed E-state index contributed by atoms with van der Waals surface area (Å²) in [7, 11) is 0. The van der Waals surface area contributed by atoms with Crippen molar-refractivity contribution in [3.8, 4) is 0 Å². The fourth-order valence-corrected chi connectivity index (χ4v) is 4.22. The Hall–Kier alpha value is -1.39. The molecule has 1 N–H and O–H groups in total. The minimum atomic E-state index is 0.271. The number of carbonyl (C=O) groups is 1. The first-order valence-corrected chi connectivity index (χ1v) is 8.16. The number of piperidine rings is 1. The summed E-state index contributed by atoms with van der Waals surface area (Å²) in [6, 6.07) is 8.88. The van der Waals surface area contributed by atoms with Crippen LogP contribution in [0.5, 0.6) is 0 Å². The molecule has 2 atom stereocenters. The van der Waals surface area contributed by atoms with Crippen LogP contribution in [0.25, 0.3) is 0 Å². The Kier molecular flexibility index (Phi) is 3.43. The molecule has 0 saturated carbocycles. The lowest BCUT2D eigenvalue weighted by molar-refractivity contribution is -0.120. The van der Waals surface area contributed by atoms with Gasteiger partial charge in [0.1, 0.15) is 0 Å². The normalized spacial score (nSPS) is 28.5. The first kappa shape index (κ1) is 13.3. The first-order valence-electron chi connectivity index (χ1n) is 8.16. The number of nitrogens with zero attached hydrogens (tertiary/aromatic N) is 2. The molecule has 2 fully saturated rings. The van der Waals surface area contributed by atoms with Gasteiger partial charge in [-0.3, -0.25) is 9.69 Å². The van der Waals surface area contributed by atoms with Crippen LogP contribution in [-0.4, -0.2) is 49.6 Å². The molecule has 1 amide bonds. The van der Waals surface area contributed by atoms with Crippen molar-refractivity contribution in [2.75, 3.05) is 37.6 Å². The lowest BCUT2D eigenvalue weighted by atomic mass is 9.92. The molecular weight excluding hydrogens is 262 g/mol. The van der Waals surface area contributed by atoms with E-state index in [4.69, 9.17) is 0 Å². The van der Waals surface area contributed by atoms with Gasteiger partial charge in [0.15, 0.2) is 0 Å². The zero-order valence-corrected chi connectivity index (χ0v) is 12.4. The summed E-state index contributed by atoms with van der Waals surface area (Å²) in [5, 5.41) is 3.49. The molecule has 4 heteroatoms. The van der Waals surface area contributed by atoms with Crippen LogP contribution in [0.15, 0.2) is 24.3 Å². The predicted molar refractivity (Wildman–Crippen MR) is 83.5 cm³/mol. The van der Waals surface area contributed by atoms with Crippen molar-refractivity contribution in [1.82, 2.24) is 10.2 Å². The number of nitrogens with one attached hydrogen (secondary N) is 1. The number of rotatable bonds is 2. The molecule has 1 aromatic carbocycles. The minimum absolute atomic E-state index is 0.271. The topological polar surface area (TPSA) is 35.6 Å². The number of hydrogen-bond acceptors (Lipinski definition) is 3. The van der Waals surface area contributed by atoms with Gasteiger partial charge < -0.3 is 10.2 Å². The molecule has 2 unspecified atom stereocenters. The quantitative estimate of drug-likeness (QED) is 0.888. The second-order valence-electron chi connectivity index (χ2n) is 6.52. The Bertz CT molecular complexity index is 545. The van der Waals surface area contributed by atoms with Gasteiger partial charge >= 0.3 is 0 Å². The van der Waals surface area contributed by atoms with E-state index in [0.717, 1.165) is 44.2 Å². The Balaban J connectivity index is 1.47. The summed E-state index contributed by atoms with van der Waals surface area (Å²) >= 11 is 0. The third-order valence-corrected chi connectivity index (χ3v) is 5.32. The van der Waals surface area contributed by atoms with Crippen LogP contribution in [-0.2, 0) is 11.2 Å². The van der Waals surface area contributed by atoms with E-state index < -0.39 is 0 Å². The molecule has 112 valence electrons. The number of fused-ring (bicyclic) bond motifs is 2. The number of likely N-dealkylation sites (tertiary alicyclic amines) is 1. The molecule has 0 bridgehead atoms. The highest BCUT2D eigenvalue weighted by Gasteiger charge is 2.36. The molecule has 4 nitrogen and oxygen atoms in total. The number of amides is 1. The van der Waals surface area contributed by atoms with E-state index in [1.807, 2.05) is 11.0 Å².